The molecule has 0 spiro atoms. The van der Waals surface area contributed by atoms with Crippen molar-refractivity contribution in [3.05, 3.63) is 77.2 Å². The molecule has 0 unspecified atom stereocenters. The second-order valence-electron chi connectivity index (χ2n) is 4.84. The first-order valence-corrected chi connectivity index (χ1v) is 8.22. The van der Waals surface area contributed by atoms with Gasteiger partial charge in [-0.2, -0.15) is 0 Å². The lowest BCUT2D eigenvalue weighted by Gasteiger charge is -2.08. The van der Waals surface area contributed by atoms with Crippen molar-refractivity contribution in [2.75, 3.05) is 13.7 Å². The van der Waals surface area contributed by atoms with Gasteiger partial charge in [-0.15, -0.1) is 0 Å². The summed E-state index contributed by atoms with van der Waals surface area (Å²) in [5.41, 5.74) is 1.14. The fraction of sp³-hybridized carbons (Fsp3) is 0.211. The van der Waals surface area contributed by atoms with Crippen molar-refractivity contribution in [2.45, 2.75) is 17.9 Å². The molecule has 0 fully saturated rings. The zero-order chi connectivity index (χ0) is 16.3. The number of hydrogen-bond donors (Lipinski definition) is 0. The third kappa shape index (κ3) is 6.72. The lowest BCUT2D eigenvalue weighted by molar-refractivity contribution is -0.134. The fourth-order valence-electron chi connectivity index (χ4n) is 1.92. The van der Waals surface area contributed by atoms with Gasteiger partial charge in [-0.3, -0.25) is 0 Å². The minimum absolute atomic E-state index is 0.341. The predicted octanol–water partition coefficient (Wildman–Crippen LogP) is 4.44. The quantitative estimate of drug-likeness (QED) is 0.310. The van der Waals surface area contributed by atoms with Gasteiger partial charge in [0.1, 0.15) is 0 Å². The Labute approximate surface area is 141 Å². The molecule has 0 aromatic heterocycles. The molecule has 120 valence electrons. The number of benzene rings is 2. The number of methoxy groups -OCH3 is 1. The average molecular weight is 328 g/mol. The first kappa shape index (κ1) is 17.3. The van der Waals surface area contributed by atoms with Crippen LogP contribution in [0.25, 0.3) is 0 Å². The van der Waals surface area contributed by atoms with Gasteiger partial charge < -0.3 is 9.47 Å². The van der Waals surface area contributed by atoms with Crippen LogP contribution in [0.3, 0.4) is 0 Å². The smallest absolute Gasteiger partial charge is 0.331 e. The number of ether oxygens (including phenoxy) is 2. The van der Waals surface area contributed by atoms with Gasteiger partial charge in [0.15, 0.2) is 0 Å². The van der Waals surface area contributed by atoms with Crippen molar-refractivity contribution in [3.8, 4) is 0 Å². The molecule has 2 rings (SSSR count). The van der Waals surface area contributed by atoms with E-state index in [4.69, 9.17) is 9.47 Å². The SMILES string of the molecule is COC(=O)/C=C(/CCOCc1ccccc1)Sc1ccccc1. The molecule has 0 aliphatic rings. The molecule has 0 heterocycles. The number of carbonyl (C=O) groups excluding carboxylic acids is 1. The van der Waals surface area contributed by atoms with E-state index < -0.39 is 0 Å². The van der Waals surface area contributed by atoms with E-state index in [9.17, 15) is 4.79 Å². The van der Waals surface area contributed by atoms with Crippen molar-refractivity contribution in [3.63, 3.8) is 0 Å². The normalized spacial score (nSPS) is 11.3. The lowest BCUT2D eigenvalue weighted by Crippen LogP contribution is -2.00. The summed E-state index contributed by atoms with van der Waals surface area (Å²) in [7, 11) is 1.38. The van der Waals surface area contributed by atoms with Crippen LogP contribution in [0.15, 0.2) is 76.5 Å². The third-order valence-electron chi connectivity index (χ3n) is 3.08. The Bertz CT molecular complexity index is 624. The first-order chi connectivity index (χ1) is 11.3. The molecule has 0 amide bonds. The molecule has 0 bridgehead atoms. The molecule has 2 aromatic rings. The van der Waals surface area contributed by atoms with E-state index in [1.54, 1.807) is 11.8 Å². The Kier molecular flexibility index (Phi) is 7.43. The van der Waals surface area contributed by atoms with Crippen LogP contribution < -0.4 is 0 Å². The molecule has 0 saturated carbocycles. The fourth-order valence-corrected chi connectivity index (χ4v) is 2.86. The zero-order valence-corrected chi connectivity index (χ0v) is 13.9. The summed E-state index contributed by atoms with van der Waals surface area (Å²) in [5, 5.41) is 0. The monoisotopic (exact) mass is 328 g/mol. The van der Waals surface area contributed by atoms with E-state index in [0.29, 0.717) is 19.6 Å². The molecular weight excluding hydrogens is 308 g/mol. The Morgan fingerprint density at radius 2 is 1.70 bits per heavy atom. The number of thioether (sulfide) groups is 1. The Hall–Kier alpha value is -2.04. The van der Waals surface area contributed by atoms with Crippen LogP contribution in [-0.2, 0) is 20.9 Å². The molecule has 0 radical (unpaired) electrons. The van der Waals surface area contributed by atoms with Gasteiger partial charge in [-0.1, -0.05) is 60.3 Å². The summed E-state index contributed by atoms with van der Waals surface area (Å²) in [6.07, 6.45) is 2.20. The average Bonchev–Trinajstić information content (AvgIpc) is 2.60. The number of esters is 1. The third-order valence-corrected chi connectivity index (χ3v) is 4.17. The molecule has 3 nitrogen and oxygen atoms in total. The first-order valence-electron chi connectivity index (χ1n) is 7.41. The van der Waals surface area contributed by atoms with Crippen LogP contribution in [0.5, 0.6) is 0 Å². The van der Waals surface area contributed by atoms with Gasteiger partial charge in [0.05, 0.1) is 20.3 Å². The minimum Gasteiger partial charge on any atom is -0.466 e. The van der Waals surface area contributed by atoms with E-state index in [1.165, 1.54) is 13.2 Å². The van der Waals surface area contributed by atoms with E-state index in [2.05, 4.69) is 0 Å². The van der Waals surface area contributed by atoms with Gasteiger partial charge in [0.2, 0.25) is 0 Å². The summed E-state index contributed by atoms with van der Waals surface area (Å²) < 4.78 is 10.4. The standard InChI is InChI=1S/C19H20O3S/c1-21-19(20)14-18(23-17-10-6-3-7-11-17)12-13-22-15-16-8-4-2-5-9-16/h2-11,14H,12-13,15H2,1H3/b18-14-. The van der Waals surface area contributed by atoms with Crippen LogP contribution in [0.1, 0.15) is 12.0 Å². The maximum atomic E-state index is 11.5. The molecule has 0 N–H and O–H groups in total. The summed E-state index contributed by atoms with van der Waals surface area (Å²) in [4.78, 5) is 13.5. The van der Waals surface area contributed by atoms with Crippen LogP contribution in [0, 0.1) is 0 Å². The Morgan fingerprint density at radius 3 is 2.35 bits per heavy atom. The zero-order valence-electron chi connectivity index (χ0n) is 13.1. The van der Waals surface area contributed by atoms with Crippen LogP contribution >= 0.6 is 11.8 Å². The maximum absolute atomic E-state index is 11.5. The van der Waals surface area contributed by atoms with Gasteiger partial charge in [0, 0.05) is 17.4 Å². The highest BCUT2D eigenvalue weighted by atomic mass is 32.2. The van der Waals surface area contributed by atoms with Crippen molar-refractivity contribution in [2.24, 2.45) is 0 Å². The molecule has 0 aliphatic carbocycles. The van der Waals surface area contributed by atoms with Crippen molar-refractivity contribution in [1.29, 1.82) is 0 Å². The molecule has 0 saturated heterocycles. The maximum Gasteiger partial charge on any atom is 0.331 e. The summed E-state index contributed by atoms with van der Waals surface area (Å²) in [6, 6.07) is 20.0. The van der Waals surface area contributed by atoms with Crippen molar-refractivity contribution >= 4 is 17.7 Å². The predicted molar refractivity (Wildman–Crippen MR) is 93.1 cm³/mol. The van der Waals surface area contributed by atoms with E-state index in [-0.39, 0.29) is 5.97 Å². The number of rotatable bonds is 8. The van der Waals surface area contributed by atoms with Crippen molar-refractivity contribution in [1.82, 2.24) is 0 Å². The largest absolute Gasteiger partial charge is 0.466 e. The highest BCUT2D eigenvalue weighted by Crippen LogP contribution is 2.28. The summed E-state index contributed by atoms with van der Waals surface area (Å²) >= 11 is 1.56. The molecule has 2 aromatic carbocycles. The summed E-state index contributed by atoms with van der Waals surface area (Å²) in [5.74, 6) is -0.341. The Morgan fingerprint density at radius 1 is 1.04 bits per heavy atom. The van der Waals surface area contributed by atoms with Crippen LogP contribution in [0.4, 0.5) is 0 Å². The van der Waals surface area contributed by atoms with Crippen LogP contribution in [0.2, 0.25) is 0 Å². The summed E-state index contributed by atoms with van der Waals surface area (Å²) in [6.45, 7) is 1.12. The number of hydrogen-bond acceptors (Lipinski definition) is 4. The number of carbonyl (C=O) groups is 1. The second-order valence-corrected chi connectivity index (χ2v) is 6.04. The molecular formula is C19H20O3S. The van der Waals surface area contributed by atoms with Gasteiger partial charge in [0.25, 0.3) is 0 Å². The topological polar surface area (TPSA) is 35.5 Å². The lowest BCUT2D eigenvalue weighted by atomic mass is 10.2. The molecule has 4 heteroatoms. The molecule has 0 atom stereocenters. The van der Waals surface area contributed by atoms with Crippen LogP contribution in [-0.4, -0.2) is 19.7 Å². The molecule has 0 aliphatic heterocycles. The van der Waals surface area contributed by atoms with Gasteiger partial charge in [-0.25, -0.2) is 4.79 Å². The van der Waals surface area contributed by atoms with E-state index in [1.807, 2.05) is 60.7 Å². The highest BCUT2D eigenvalue weighted by Gasteiger charge is 2.05. The van der Waals surface area contributed by atoms with E-state index in [0.717, 1.165) is 15.4 Å². The van der Waals surface area contributed by atoms with Crippen molar-refractivity contribution < 1.29 is 14.3 Å². The Balaban J connectivity index is 1.87. The molecule has 23 heavy (non-hydrogen) atoms. The van der Waals surface area contributed by atoms with Gasteiger partial charge in [-0.05, 0) is 22.6 Å². The highest BCUT2D eigenvalue weighted by molar-refractivity contribution is 8.03. The van der Waals surface area contributed by atoms with E-state index >= 15 is 0 Å². The minimum atomic E-state index is -0.341. The second kappa shape index (κ2) is 9.87. The van der Waals surface area contributed by atoms with Gasteiger partial charge >= 0.3 is 5.97 Å².